The fraction of sp³-hybridized carbons (Fsp3) is 0.238. The molecule has 0 aliphatic rings. The molecule has 25 heavy (non-hydrogen) atoms. The Morgan fingerprint density at radius 3 is 2.28 bits per heavy atom. The molecule has 1 N–H and O–H groups in total. The largest absolute Gasteiger partial charge is 0.320 e. The fourth-order valence-electron chi connectivity index (χ4n) is 2.69. The SMILES string of the molecule is Cn1nc(C(C)(C)C)cc1C(=O)Nc1ccccc1-c1ccccc1. The zero-order valence-electron chi connectivity index (χ0n) is 15.1. The topological polar surface area (TPSA) is 46.9 Å². The molecular weight excluding hydrogens is 310 g/mol. The zero-order valence-corrected chi connectivity index (χ0v) is 15.1. The van der Waals surface area contributed by atoms with Crippen LogP contribution in [0.25, 0.3) is 11.1 Å². The molecule has 0 aliphatic carbocycles. The Kier molecular flexibility index (Phi) is 4.45. The van der Waals surface area contributed by atoms with E-state index in [2.05, 4.69) is 31.2 Å². The molecule has 0 fully saturated rings. The maximum absolute atomic E-state index is 12.8. The third-order valence-corrected chi connectivity index (χ3v) is 4.14. The minimum atomic E-state index is -0.158. The average Bonchev–Trinajstić information content (AvgIpc) is 2.98. The van der Waals surface area contributed by atoms with Gasteiger partial charge in [-0.2, -0.15) is 5.10 Å². The summed E-state index contributed by atoms with van der Waals surface area (Å²) in [6, 6.07) is 19.7. The van der Waals surface area contributed by atoms with Gasteiger partial charge in [-0.15, -0.1) is 0 Å². The Balaban J connectivity index is 1.92. The van der Waals surface area contributed by atoms with E-state index in [4.69, 9.17) is 0 Å². The molecule has 1 aromatic heterocycles. The number of rotatable bonds is 3. The van der Waals surface area contributed by atoms with Gasteiger partial charge in [0, 0.05) is 23.7 Å². The number of aromatic nitrogens is 2. The number of benzene rings is 2. The van der Waals surface area contributed by atoms with Crippen molar-refractivity contribution in [2.24, 2.45) is 7.05 Å². The van der Waals surface area contributed by atoms with Gasteiger partial charge in [-0.05, 0) is 17.7 Å². The van der Waals surface area contributed by atoms with Crippen molar-refractivity contribution in [1.29, 1.82) is 0 Å². The van der Waals surface area contributed by atoms with E-state index in [0.29, 0.717) is 5.69 Å². The standard InChI is InChI=1S/C21H23N3O/c1-21(2,3)19-14-18(24(4)23-19)20(25)22-17-13-9-8-12-16(17)15-10-6-5-7-11-15/h5-14H,1-4H3,(H,22,25). The monoisotopic (exact) mass is 333 g/mol. The van der Waals surface area contributed by atoms with Crippen LogP contribution >= 0.6 is 0 Å². The number of hydrogen-bond acceptors (Lipinski definition) is 2. The third-order valence-electron chi connectivity index (χ3n) is 4.14. The molecule has 0 atom stereocenters. The lowest BCUT2D eigenvalue weighted by Gasteiger charge is -2.13. The summed E-state index contributed by atoms with van der Waals surface area (Å²) in [6.45, 7) is 6.26. The molecule has 3 aromatic rings. The van der Waals surface area contributed by atoms with E-state index in [-0.39, 0.29) is 11.3 Å². The smallest absolute Gasteiger partial charge is 0.273 e. The zero-order chi connectivity index (χ0) is 18.0. The van der Waals surface area contributed by atoms with Crippen LogP contribution in [0.4, 0.5) is 5.69 Å². The molecule has 0 bridgehead atoms. The number of anilines is 1. The van der Waals surface area contributed by atoms with Crippen molar-refractivity contribution in [3.05, 3.63) is 72.1 Å². The molecule has 0 saturated heterocycles. The number of aryl methyl sites for hydroxylation is 1. The first kappa shape index (κ1) is 17.0. The molecular formula is C21H23N3O. The number of hydrogen-bond donors (Lipinski definition) is 1. The average molecular weight is 333 g/mol. The Hall–Kier alpha value is -2.88. The number of carbonyl (C=O) groups excluding carboxylic acids is 1. The van der Waals surface area contributed by atoms with E-state index < -0.39 is 0 Å². The molecule has 0 radical (unpaired) electrons. The van der Waals surface area contributed by atoms with Crippen LogP contribution < -0.4 is 5.32 Å². The highest BCUT2D eigenvalue weighted by molar-refractivity contribution is 6.05. The second kappa shape index (κ2) is 6.55. The van der Waals surface area contributed by atoms with Gasteiger partial charge in [0.25, 0.3) is 5.91 Å². The summed E-state index contributed by atoms with van der Waals surface area (Å²) >= 11 is 0. The Morgan fingerprint density at radius 2 is 1.64 bits per heavy atom. The molecule has 2 aromatic carbocycles. The highest BCUT2D eigenvalue weighted by Gasteiger charge is 2.22. The lowest BCUT2D eigenvalue weighted by atomic mass is 9.92. The number of nitrogens with one attached hydrogen (secondary N) is 1. The van der Waals surface area contributed by atoms with Crippen LogP contribution in [-0.4, -0.2) is 15.7 Å². The van der Waals surface area contributed by atoms with Crippen molar-refractivity contribution in [2.45, 2.75) is 26.2 Å². The molecule has 0 saturated carbocycles. The van der Waals surface area contributed by atoms with Gasteiger partial charge in [0.15, 0.2) is 0 Å². The van der Waals surface area contributed by atoms with Crippen LogP contribution in [0.5, 0.6) is 0 Å². The lowest BCUT2D eigenvalue weighted by molar-refractivity contribution is 0.101. The Morgan fingerprint density at radius 1 is 1.00 bits per heavy atom. The summed E-state index contributed by atoms with van der Waals surface area (Å²) in [4.78, 5) is 12.8. The molecule has 4 heteroatoms. The minimum absolute atomic E-state index is 0.0990. The first-order valence-corrected chi connectivity index (χ1v) is 8.36. The van der Waals surface area contributed by atoms with Crippen molar-refractivity contribution >= 4 is 11.6 Å². The van der Waals surface area contributed by atoms with E-state index >= 15 is 0 Å². The van der Waals surface area contributed by atoms with Gasteiger partial charge < -0.3 is 5.32 Å². The van der Waals surface area contributed by atoms with Gasteiger partial charge in [-0.3, -0.25) is 9.48 Å². The molecule has 0 spiro atoms. The molecule has 1 heterocycles. The van der Waals surface area contributed by atoms with Crippen LogP contribution in [0, 0.1) is 0 Å². The van der Waals surface area contributed by atoms with Crippen molar-refractivity contribution in [2.75, 3.05) is 5.32 Å². The van der Waals surface area contributed by atoms with Crippen LogP contribution in [0.3, 0.4) is 0 Å². The quantitative estimate of drug-likeness (QED) is 0.759. The van der Waals surface area contributed by atoms with Crippen LogP contribution in [0.1, 0.15) is 37.0 Å². The molecule has 0 unspecified atom stereocenters. The second-order valence-electron chi connectivity index (χ2n) is 7.15. The van der Waals surface area contributed by atoms with Gasteiger partial charge in [0.2, 0.25) is 0 Å². The van der Waals surface area contributed by atoms with Crippen LogP contribution in [-0.2, 0) is 12.5 Å². The first-order valence-electron chi connectivity index (χ1n) is 8.36. The summed E-state index contributed by atoms with van der Waals surface area (Å²) in [6.07, 6.45) is 0. The number of nitrogens with zero attached hydrogens (tertiary/aromatic N) is 2. The first-order chi connectivity index (χ1) is 11.9. The van der Waals surface area contributed by atoms with Crippen molar-refractivity contribution in [3.8, 4) is 11.1 Å². The molecule has 128 valence electrons. The van der Waals surface area contributed by atoms with Crippen molar-refractivity contribution < 1.29 is 4.79 Å². The van der Waals surface area contributed by atoms with Gasteiger partial charge in [-0.25, -0.2) is 0 Å². The summed E-state index contributed by atoms with van der Waals surface area (Å²) in [7, 11) is 1.80. The maximum Gasteiger partial charge on any atom is 0.273 e. The molecule has 3 rings (SSSR count). The van der Waals surface area contributed by atoms with Crippen LogP contribution in [0.15, 0.2) is 60.7 Å². The number of para-hydroxylation sites is 1. The molecule has 1 amide bonds. The predicted octanol–water partition coefficient (Wildman–Crippen LogP) is 4.64. The number of amides is 1. The lowest BCUT2D eigenvalue weighted by Crippen LogP contribution is -2.16. The summed E-state index contributed by atoms with van der Waals surface area (Å²) < 4.78 is 1.64. The van der Waals surface area contributed by atoms with Gasteiger partial charge in [0.1, 0.15) is 5.69 Å². The van der Waals surface area contributed by atoms with E-state index in [0.717, 1.165) is 22.5 Å². The van der Waals surface area contributed by atoms with E-state index in [1.165, 1.54) is 0 Å². The van der Waals surface area contributed by atoms with Gasteiger partial charge >= 0.3 is 0 Å². The summed E-state index contributed by atoms with van der Waals surface area (Å²) in [5, 5.41) is 7.51. The van der Waals surface area contributed by atoms with Gasteiger partial charge in [-0.1, -0.05) is 69.3 Å². The van der Waals surface area contributed by atoms with E-state index in [1.54, 1.807) is 11.7 Å². The van der Waals surface area contributed by atoms with E-state index in [1.807, 2.05) is 60.7 Å². The van der Waals surface area contributed by atoms with Crippen molar-refractivity contribution in [3.63, 3.8) is 0 Å². The number of carbonyl (C=O) groups is 1. The summed E-state index contributed by atoms with van der Waals surface area (Å²) in [5.41, 5.74) is 4.20. The maximum atomic E-state index is 12.8. The fourth-order valence-corrected chi connectivity index (χ4v) is 2.69. The van der Waals surface area contributed by atoms with Gasteiger partial charge in [0.05, 0.1) is 5.69 Å². The highest BCUT2D eigenvalue weighted by atomic mass is 16.2. The Bertz CT molecular complexity index is 889. The normalized spacial score (nSPS) is 11.4. The van der Waals surface area contributed by atoms with E-state index in [9.17, 15) is 4.79 Å². The minimum Gasteiger partial charge on any atom is -0.320 e. The molecule has 0 aliphatic heterocycles. The third kappa shape index (κ3) is 3.63. The summed E-state index contributed by atoms with van der Waals surface area (Å²) in [5.74, 6) is -0.158. The molecule has 4 nitrogen and oxygen atoms in total. The Labute approximate surface area is 148 Å². The second-order valence-corrected chi connectivity index (χ2v) is 7.15. The highest BCUT2D eigenvalue weighted by Crippen LogP contribution is 2.28. The van der Waals surface area contributed by atoms with Crippen LogP contribution in [0.2, 0.25) is 0 Å². The van der Waals surface area contributed by atoms with Crippen molar-refractivity contribution in [1.82, 2.24) is 9.78 Å². The predicted molar refractivity (Wildman–Crippen MR) is 102 cm³/mol.